The zero-order valence-corrected chi connectivity index (χ0v) is 17.1. The van der Waals surface area contributed by atoms with Crippen molar-refractivity contribution in [2.45, 2.75) is 32.6 Å². The smallest absolute Gasteiger partial charge is 0.164 e. The van der Waals surface area contributed by atoms with Crippen molar-refractivity contribution in [1.29, 1.82) is 0 Å². The number of ether oxygens (including phenoxy) is 2. The van der Waals surface area contributed by atoms with Crippen LogP contribution in [0.15, 0.2) is 47.6 Å². The van der Waals surface area contributed by atoms with E-state index in [2.05, 4.69) is 11.7 Å². The van der Waals surface area contributed by atoms with E-state index in [1.54, 1.807) is 12.1 Å². The highest BCUT2D eigenvalue weighted by molar-refractivity contribution is 6.17. The molecule has 2 aliphatic rings. The maximum absolute atomic E-state index is 14.2. The van der Waals surface area contributed by atoms with Crippen molar-refractivity contribution in [3.05, 3.63) is 70.6 Å². The van der Waals surface area contributed by atoms with Crippen LogP contribution in [-0.4, -0.2) is 29.9 Å². The Labute approximate surface area is 174 Å². The Morgan fingerprint density at radius 2 is 2.03 bits per heavy atom. The monoisotopic (exact) mass is 409 g/mol. The highest BCUT2D eigenvalue weighted by atomic mass is 19.1. The molecule has 1 aliphatic carbocycles. The van der Waals surface area contributed by atoms with Crippen LogP contribution in [0.2, 0.25) is 0 Å². The summed E-state index contributed by atoms with van der Waals surface area (Å²) in [6.45, 7) is 8.88. The van der Waals surface area contributed by atoms with Gasteiger partial charge in [0.15, 0.2) is 17.3 Å². The van der Waals surface area contributed by atoms with Gasteiger partial charge < -0.3 is 14.7 Å². The molecule has 0 radical (unpaired) electrons. The molecule has 0 saturated heterocycles. The Morgan fingerprint density at radius 1 is 1.27 bits per heavy atom. The fourth-order valence-corrected chi connectivity index (χ4v) is 4.17. The van der Waals surface area contributed by atoms with Crippen LogP contribution in [0, 0.1) is 11.7 Å². The van der Waals surface area contributed by atoms with E-state index in [0.29, 0.717) is 60.0 Å². The number of oxime groups is 1. The number of hydrogen-bond acceptors (Lipinski definition) is 5. The number of fused-ring (bicyclic) bond motifs is 2. The Morgan fingerprint density at radius 3 is 2.77 bits per heavy atom. The fourth-order valence-electron chi connectivity index (χ4n) is 4.17. The molecule has 1 unspecified atom stereocenters. The average molecular weight is 409 g/mol. The number of halogens is 1. The van der Waals surface area contributed by atoms with E-state index in [9.17, 15) is 14.4 Å². The van der Waals surface area contributed by atoms with Gasteiger partial charge in [0.1, 0.15) is 24.7 Å². The minimum atomic E-state index is -0.407. The van der Waals surface area contributed by atoms with Gasteiger partial charge >= 0.3 is 0 Å². The van der Waals surface area contributed by atoms with E-state index < -0.39 is 5.82 Å². The molecule has 1 aliphatic heterocycles. The van der Waals surface area contributed by atoms with Gasteiger partial charge in [0.2, 0.25) is 0 Å². The van der Waals surface area contributed by atoms with Gasteiger partial charge in [-0.05, 0) is 35.6 Å². The number of hydrogen-bond donors (Lipinski definition) is 1. The Kier molecular flexibility index (Phi) is 5.33. The fraction of sp³-hybridized carbons (Fsp3) is 0.333. The molecule has 1 atom stereocenters. The molecule has 5 nitrogen and oxygen atoms in total. The molecule has 0 amide bonds. The van der Waals surface area contributed by atoms with Gasteiger partial charge in [0.05, 0.1) is 0 Å². The predicted octanol–water partition coefficient (Wildman–Crippen LogP) is 4.90. The normalized spacial score (nSPS) is 18.7. The van der Waals surface area contributed by atoms with Gasteiger partial charge in [0.25, 0.3) is 0 Å². The second-order valence-electron chi connectivity index (χ2n) is 8.14. The third kappa shape index (κ3) is 3.58. The van der Waals surface area contributed by atoms with Crippen molar-refractivity contribution in [3.8, 4) is 11.5 Å². The van der Waals surface area contributed by atoms with Gasteiger partial charge in [-0.3, -0.25) is 4.79 Å². The van der Waals surface area contributed by atoms with Crippen molar-refractivity contribution in [1.82, 2.24) is 0 Å². The van der Waals surface area contributed by atoms with Crippen molar-refractivity contribution in [2.24, 2.45) is 11.1 Å². The largest absolute Gasteiger partial charge is 0.486 e. The number of carbonyl (C=O) groups excluding carboxylic acids is 1. The van der Waals surface area contributed by atoms with E-state index >= 15 is 0 Å². The van der Waals surface area contributed by atoms with Gasteiger partial charge in [-0.1, -0.05) is 37.7 Å². The van der Waals surface area contributed by atoms with Crippen LogP contribution in [-0.2, 0) is 6.42 Å². The lowest BCUT2D eigenvalue weighted by Crippen LogP contribution is -2.17. The number of Topliss-reactive ketones (excluding diaryl/α,β-unsaturated/α-hetero) is 1. The third-order valence-corrected chi connectivity index (χ3v) is 5.53. The topological polar surface area (TPSA) is 68.1 Å². The van der Waals surface area contributed by atoms with Crippen molar-refractivity contribution in [2.75, 3.05) is 13.2 Å². The lowest BCUT2D eigenvalue weighted by Gasteiger charge is -2.23. The maximum Gasteiger partial charge on any atom is 0.164 e. The first-order valence-electron chi connectivity index (χ1n) is 10.1. The summed E-state index contributed by atoms with van der Waals surface area (Å²) < 4.78 is 25.5. The Bertz CT molecular complexity index is 1060. The summed E-state index contributed by atoms with van der Waals surface area (Å²) in [5.74, 6) is 0.549. The molecule has 4 rings (SSSR count). The summed E-state index contributed by atoms with van der Waals surface area (Å²) in [5, 5.41) is 13.0. The lowest BCUT2D eigenvalue weighted by atomic mass is 9.89. The van der Waals surface area contributed by atoms with E-state index in [0.717, 1.165) is 11.1 Å². The Hall–Kier alpha value is -3.15. The van der Waals surface area contributed by atoms with Crippen LogP contribution in [0.1, 0.15) is 53.2 Å². The van der Waals surface area contributed by atoms with E-state index in [1.165, 1.54) is 12.1 Å². The predicted molar refractivity (Wildman–Crippen MR) is 112 cm³/mol. The minimum Gasteiger partial charge on any atom is -0.486 e. The molecule has 1 N–H and O–H groups in total. The van der Waals surface area contributed by atoms with Gasteiger partial charge in [0, 0.05) is 35.1 Å². The van der Waals surface area contributed by atoms with Gasteiger partial charge in [-0.2, -0.15) is 0 Å². The number of nitrogens with zero attached hydrogens (tertiary/aromatic N) is 1. The number of carbonyl (C=O) groups is 1. The van der Waals surface area contributed by atoms with Crippen LogP contribution >= 0.6 is 0 Å². The molecular weight excluding hydrogens is 385 g/mol. The molecule has 2 aromatic rings. The van der Waals surface area contributed by atoms with Crippen molar-refractivity contribution < 1.29 is 23.9 Å². The molecule has 1 heterocycles. The molecule has 2 aromatic carbocycles. The van der Waals surface area contributed by atoms with Crippen molar-refractivity contribution in [3.63, 3.8) is 0 Å². The molecule has 156 valence electrons. The maximum atomic E-state index is 14.2. The quantitative estimate of drug-likeness (QED) is 0.433. The van der Waals surface area contributed by atoms with Gasteiger partial charge in [-0.25, -0.2) is 4.39 Å². The molecule has 6 heteroatoms. The van der Waals surface area contributed by atoms with Crippen molar-refractivity contribution >= 4 is 11.5 Å². The standard InChI is InChI=1S/C24H24FNO4/c1-13(2)8-21(27)15-4-5-18-20(10-15)19(14(3)23(18)26-28)11-16-9-17(25)12-22-24(16)30-7-6-29-22/h4-5,9-10,12-13,19,28H,3,6-8,11H2,1-2H3/b26-23+. The number of ketones is 1. The molecule has 30 heavy (non-hydrogen) atoms. The van der Waals surface area contributed by atoms with E-state index in [1.807, 2.05) is 19.9 Å². The summed E-state index contributed by atoms with van der Waals surface area (Å²) in [7, 11) is 0. The minimum absolute atomic E-state index is 0.0615. The first-order valence-corrected chi connectivity index (χ1v) is 10.1. The Balaban J connectivity index is 1.75. The molecule has 0 fully saturated rings. The first-order chi connectivity index (χ1) is 14.4. The van der Waals surface area contributed by atoms with Gasteiger partial charge in [-0.15, -0.1) is 0 Å². The number of benzene rings is 2. The summed E-state index contributed by atoms with van der Waals surface area (Å²) in [5.41, 5.74) is 3.85. The average Bonchev–Trinajstić information content (AvgIpc) is 2.97. The van der Waals surface area contributed by atoms with Crippen LogP contribution < -0.4 is 9.47 Å². The molecular formula is C24H24FNO4. The molecule has 0 spiro atoms. The molecule has 0 bridgehead atoms. The number of rotatable bonds is 5. The summed E-state index contributed by atoms with van der Waals surface area (Å²) in [4.78, 5) is 12.6. The summed E-state index contributed by atoms with van der Waals surface area (Å²) in [6.07, 6.45) is 0.837. The highest BCUT2D eigenvalue weighted by Crippen LogP contribution is 2.43. The third-order valence-electron chi connectivity index (χ3n) is 5.53. The zero-order chi connectivity index (χ0) is 21.4. The SMILES string of the molecule is C=C1/C(=N\O)c2ccc(C(=O)CC(C)C)cc2C1Cc1cc(F)cc2c1OCCO2. The van der Waals surface area contributed by atoms with Crippen LogP contribution in [0.5, 0.6) is 11.5 Å². The van der Waals surface area contributed by atoms with E-state index in [4.69, 9.17) is 9.47 Å². The number of allylic oxidation sites excluding steroid dienone is 1. The van der Waals surface area contributed by atoms with Crippen LogP contribution in [0.3, 0.4) is 0 Å². The molecule has 0 saturated carbocycles. The first kappa shape index (κ1) is 20.1. The lowest BCUT2D eigenvalue weighted by molar-refractivity contribution is 0.0967. The summed E-state index contributed by atoms with van der Waals surface area (Å²) >= 11 is 0. The zero-order valence-electron chi connectivity index (χ0n) is 17.1. The van der Waals surface area contributed by atoms with Crippen LogP contribution in [0.25, 0.3) is 0 Å². The van der Waals surface area contributed by atoms with E-state index in [-0.39, 0.29) is 17.6 Å². The highest BCUT2D eigenvalue weighted by Gasteiger charge is 2.34. The van der Waals surface area contributed by atoms with Crippen LogP contribution in [0.4, 0.5) is 4.39 Å². The second-order valence-corrected chi connectivity index (χ2v) is 8.14. The molecule has 0 aromatic heterocycles. The summed E-state index contributed by atoms with van der Waals surface area (Å²) in [6, 6.07) is 8.15. The second kappa shape index (κ2) is 7.94.